The molecule has 4 heteroatoms. The first kappa shape index (κ1) is 30.7. The van der Waals surface area contributed by atoms with Gasteiger partial charge >= 0.3 is 206 Å². The van der Waals surface area contributed by atoms with Gasteiger partial charge in [0.25, 0.3) is 0 Å². The Kier molecular flexibility index (Phi) is 13.6. The molecule has 0 aromatic heterocycles. The van der Waals surface area contributed by atoms with Crippen LogP contribution in [0.1, 0.15) is 95.7 Å². The first-order valence-electron chi connectivity index (χ1n) is 13.2. The SMILES string of the molecule is CCCCC1=Cc2ccccc2[CH]1[Zr+2]([CH]1C(CCCC)=Cc2ccccc21)[SiH](CC)CC.[I-].[I-]. The fourth-order valence-corrected chi connectivity index (χ4v) is 34.3. The van der Waals surface area contributed by atoms with E-state index in [0.717, 1.165) is 7.25 Å². The number of halogens is 2. The quantitative estimate of drug-likeness (QED) is 0.244. The van der Waals surface area contributed by atoms with Crippen molar-refractivity contribution in [3.8, 4) is 0 Å². The standard InChI is InChI=1S/2C13H15.C4H11Si.2HI.Zr/c2*1-2-3-6-11-9-12-7-4-5-8-13(12)10-11;1-3-5-4-2;;;/h2*4-5,7-10H,2-3,6H2,1H3;5H,3-4H2,1-2H3;2*1H;/q;;;;;+2/p-2. The van der Waals surface area contributed by atoms with E-state index >= 15 is 0 Å². The van der Waals surface area contributed by atoms with E-state index < -0.39 is 26.8 Å². The molecule has 0 N–H and O–H groups in total. The molecule has 0 radical (unpaired) electrons. The molecular formula is C30H41I2SiZr. The van der Waals surface area contributed by atoms with Gasteiger partial charge in [0.1, 0.15) is 0 Å². The average Bonchev–Trinajstić information content (AvgIpc) is 3.37. The molecule has 0 spiro atoms. The second kappa shape index (κ2) is 15.0. The van der Waals surface area contributed by atoms with Crippen LogP contribution in [0.2, 0.25) is 12.1 Å². The van der Waals surface area contributed by atoms with Crippen molar-refractivity contribution in [1.29, 1.82) is 0 Å². The minimum atomic E-state index is -1.92. The zero-order valence-electron chi connectivity index (χ0n) is 21.4. The number of hydrogen-bond acceptors (Lipinski definition) is 0. The Hall–Kier alpha value is 0.480. The van der Waals surface area contributed by atoms with Crippen molar-refractivity contribution < 1.29 is 68.9 Å². The monoisotopic (exact) mass is 773 g/mol. The zero-order valence-corrected chi connectivity index (χ0v) is 29.3. The van der Waals surface area contributed by atoms with Crippen molar-refractivity contribution in [3.63, 3.8) is 0 Å². The molecule has 0 fully saturated rings. The fourth-order valence-electron chi connectivity index (χ4n) is 6.16. The summed E-state index contributed by atoms with van der Waals surface area (Å²) in [5.74, 6) is -0.761. The Balaban J connectivity index is 0.00000204. The van der Waals surface area contributed by atoms with Crippen LogP contribution >= 0.6 is 0 Å². The van der Waals surface area contributed by atoms with Gasteiger partial charge in [0.15, 0.2) is 0 Å². The molecule has 0 bridgehead atoms. The summed E-state index contributed by atoms with van der Waals surface area (Å²) in [4.78, 5) is 0. The molecule has 0 saturated heterocycles. The van der Waals surface area contributed by atoms with Crippen molar-refractivity contribution in [2.24, 2.45) is 0 Å². The van der Waals surface area contributed by atoms with E-state index in [1.54, 1.807) is 22.3 Å². The molecular weight excluding hydrogens is 733 g/mol. The second-order valence-electron chi connectivity index (χ2n) is 9.78. The van der Waals surface area contributed by atoms with Crippen LogP contribution in [0.15, 0.2) is 59.7 Å². The van der Waals surface area contributed by atoms with Crippen LogP contribution in [0, 0.1) is 0 Å². The number of fused-ring (bicyclic) bond motifs is 2. The van der Waals surface area contributed by atoms with Gasteiger partial charge in [-0.1, -0.05) is 0 Å². The zero-order chi connectivity index (χ0) is 22.5. The molecule has 0 amide bonds. The largest absolute Gasteiger partial charge is 1.00 e. The van der Waals surface area contributed by atoms with E-state index in [-0.39, 0.29) is 48.0 Å². The Labute approximate surface area is 251 Å². The third-order valence-electron chi connectivity index (χ3n) is 7.80. The number of benzene rings is 2. The van der Waals surface area contributed by atoms with E-state index in [1.807, 2.05) is 11.1 Å². The van der Waals surface area contributed by atoms with Crippen molar-refractivity contribution in [2.75, 3.05) is 0 Å². The maximum absolute atomic E-state index is 2.63. The van der Waals surface area contributed by atoms with E-state index in [2.05, 4.69) is 88.4 Å². The minimum Gasteiger partial charge on any atom is -1.00 e. The van der Waals surface area contributed by atoms with Crippen molar-refractivity contribution >= 4 is 18.1 Å². The van der Waals surface area contributed by atoms with Crippen LogP contribution in [-0.2, 0) is 20.9 Å². The van der Waals surface area contributed by atoms with Gasteiger partial charge in [-0.05, 0) is 0 Å². The van der Waals surface area contributed by atoms with Crippen LogP contribution in [0.4, 0.5) is 0 Å². The van der Waals surface area contributed by atoms with E-state index in [0.29, 0.717) is 0 Å². The summed E-state index contributed by atoms with van der Waals surface area (Å²) in [5.41, 5.74) is 10.2. The van der Waals surface area contributed by atoms with Crippen LogP contribution in [-0.4, -0.2) is 5.92 Å². The molecule has 0 heterocycles. The third kappa shape index (κ3) is 6.48. The summed E-state index contributed by atoms with van der Waals surface area (Å²) >= 11 is -1.92. The summed E-state index contributed by atoms with van der Waals surface area (Å²) < 4.78 is 1.63. The van der Waals surface area contributed by atoms with Crippen molar-refractivity contribution in [2.45, 2.75) is 85.6 Å². The topological polar surface area (TPSA) is 0 Å². The Bertz CT molecular complexity index is 906. The van der Waals surface area contributed by atoms with E-state index in [9.17, 15) is 0 Å². The Morgan fingerprint density at radius 1 is 0.647 bits per heavy atom. The van der Waals surface area contributed by atoms with Gasteiger partial charge in [0, 0.05) is 0 Å². The summed E-state index contributed by atoms with van der Waals surface area (Å²) in [6, 6.07) is 21.9. The molecule has 2 unspecified atom stereocenters. The minimum absolute atomic E-state index is 0. The van der Waals surface area contributed by atoms with Gasteiger partial charge in [0.2, 0.25) is 0 Å². The summed E-state index contributed by atoms with van der Waals surface area (Å²) in [5, 5.41) is 0. The average molecular weight is 775 g/mol. The van der Waals surface area contributed by atoms with Crippen molar-refractivity contribution in [1.82, 2.24) is 0 Å². The van der Waals surface area contributed by atoms with Crippen LogP contribution in [0.3, 0.4) is 0 Å². The van der Waals surface area contributed by atoms with E-state index in [4.69, 9.17) is 0 Å². The van der Waals surface area contributed by atoms with Crippen LogP contribution in [0.25, 0.3) is 12.2 Å². The molecule has 2 aromatic rings. The van der Waals surface area contributed by atoms with Crippen LogP contribution < -0.4 is 48.0 Å². The van der Waals surface area contributed by atoms with Gasteiger partial charge in [-0.15, -0.1) is 0 Å². The number of rotatable bonds is 11. The van der Waals surface area contributed by atoms with Gasteiger partial charge < -0.3 is 48.0 Å². The normalized spacial score (nSPS) is 17.9. The summed E-state index contributed by atoms with van der Waals surface area (Å²) in [6.45, 7) is 9.78. The molecule has 34 heavy (non-hydrogen) atoms. The van der Waals surface area contributed by atoms with Gasteiger partial charge in [-0.3, -0.25) is 0 Å². The maximum atomic E-state index is 2.63. The molecule has 0 aliphatic heterocycles. The molecule has 0 nitrogen and oxygen atoms in total. The number of allylic oxidation sites excluding steroid dienone is 2. The molecule has 4 rings (SSSR count). The predicted molar refractivity (Wildman–Crippen MR) is 141 cm³/mol. The van der Waals surface area contributed by atoms with Gasteiger partial charge in [-0.25, -0.2) is 0 Å². The third-order valence-corrected chi connectivity index (χ3v) is 34.3. The molecule has 0 saturated carbocycles. The molecule has 2 aliphatic rings. The molecule has 2 aromatic carbocycles. The van der Waals surface area contributed by atoms with Gasteiger partial charge in [0.05, 0.1) is 0 Å². The maximum Gasteiger partial charge on any atom is -1.00 e. The smallest absolute Gasteiger partial charge is 1.00 e. The second-order valence-corrected chi connectivity index (χ2v) is 28.1. The van der Waals surface area contributed by atoms with Gasteiger partial charge in [-0.2, -0.15) is 0 Å². The number of unbranched alkanes of at least 4 members (excludes halogenated alkanes) is 2. The fraction of sp³-hybridized carbons (Fsp3) is 0.467. The van der Waals surface area contributed by atoms with Crippen molar-refractivity contribution in [3.05, 3.63) is 81.9 Å². The van der Waals surface area contributed by atoms with E-state index in [1.165, 1.54) is 50.6 Å². The Morgan fingerprint density at radius 3 is 1.44 bits per heavy atom. The predicted octanol–water partition coefficient (Wildman–Crippen LogP) is 3.03. The molecule has 183 valence electrons. The first-order valence-corrected chi connectivity index (χ1v) is 22.5. The summed E-state index contributed by atoms with van der Waals surface area (Å²) in [6.07, 6.45) is 13.2. The first-order chi connectivity index (χ1) is 15.7. The molecule has 2 atom stereocenters. The molecule has 2 aliphatic carbocycles. The number of hydrogen-bond donors (Lipinski definition) is 0. The Morgan fingerprint density at radius 2 is 1.06 bits per heavy atom. The van der Waals surface area contributed by atoms with Crippen LogP contribution in [0.5, 0.6) is 0 Å². The summed E-state index contributed by atoms with van der Waals surface area (Å²) in [7, 11) is 0.